The van der Waals surface area contributed by atoms with Gasteiger partial charge >= 0.3 is 0 Å². The average molecular weight is 396 g/mol. The highest BCUT2D eigenvalue weighted by Gasteiger charge is 2.36. The molecule has 0 bridgehead atoms. The molecular weight excluding hydrogens is 372 g/mol. The molecule has 0 radical (unpaired) electrons. The fraction of sp³-hybridized carbons (Fsp3) is 0.429. The van der Waals surface area contributed by atoms with Gasteiger partial charge in [-0.25, -0.2) is 4.98 Å². The minimum atomic E-state index is -0.287. The second kappa shape index (κ2) is 7.79. The number of fused-ring (bicyclic) bond motifs is 1. The summed E-state index contributed by atoms with van der Waals surface area (Å²) in [5, 5.41) is 4.47. The molecule has 1 atom stereocenters. The predicted molar refractivity (Wildman–Crippen MR) is 107 cm³/mol. The molecule has 2 aromatic heterocycles. The molecule has 1 saturated heterocycles. The number of nitrogens with zero attached hydrogens (tertiary/aromatic N) is 4. The van der Waals surface area contributed by atoms with Gasteiger partial charge in [0.15, 0.2) is 0 Å². The summed E-state index contributed by atoms with van der Waals surface area (Å²) in [5.74, 6) is 0.967. The fourth-order valence-electron chi connectivity index (χ4n) is 4.05. The van der Waals surface area contributed by atoms with Crippen molar-refractivity contribution in [3.05, 3.63) is 57.5 Å². The van der Waals surface area contributed by atoms with Gasteiger partial charge in [0.25, 0.3) is 11.5 Å². The highest BCUT2D eigenvalue weighted by Crippen LogP contribution is 2.33. The lowest BCUT2D eigenvalue weighted by molar-refractivity contribution is 0.0722. The number of benzene rings is 1. The van der Waals surface area contributed by atoms with Gasteiger partial charge in [0.2, 0.25) is 0 Å². The SMILES string of the molecule is COCCn1c(C2CCCN2C(=O)c2c(C)noc2C)nc2ccccc2c1=O. The Hall–Kier alpha value is -3.00. The zero-order chi connectivity index (χ0) is 20.5. The molecule has 152 valence electrons. The first-order valence-electron chi connectivity index (χ1n) is 9.75. The smallest absolute Gasteiger partial charge is 0.261 e. The van der Waals surface area contributed by atoms with Crippen molar-refractivity contribution in [2.45, 2.75) is 39.3 Å². The number of hydrogen-bond acceptors (Lipinski definition) is 6. The molecular formula is C21H24N4O4. The van der Waals surface area contributed by atoms with Gasteiger partial charge in [-0.05, 0) is 38.8 Å². The standard InChI is InChI=1S/C21H24N4O4/c1-13-18(14(2)29-23-13)21(27)24-10-6-9-17(24)19-22-16-8-5-4-7-15(16)20(26)25(19)11-12-28-3/h4-5,7-8,17H,6,9-12H2,1-3H3. The van der Waals surface area contributed by atoms with Crippen molar-refractivity contribution in [3.8, 4) is 0 Å². The molecule has 1 amide bonds. The molecule has 1 unspecified atom stereocenters. The van der Waals surface area contributed by atoms with E-state index in [1.54, 1.807) is 36.5 Å². The van der Waals surface area contributed by atoms with E-state index in [1.165, 1.54) is 0 Å². The zero-order valence-electron chi connectivity index (χ0n) is 16.8. The van der Waals surface area contributed by atoms with E-state index in [0.29, 0.717) is 53.4 Å². The molecule has 1 fully saturated rings. The first kappa shape index (κ1) is 19.3. The Kier molecular flexibility index (Phi) is 5.19. The van der Waals surface area contributed by atoms with Crippen molar-refractivity contribution in [2.75, 3.05) is 20.3 Å². The molecule has 8 heteroatoms. The number of methoxy groups -OCH3 is 1. The van der Waals surface area contributed by atoms with Gasteiger partial charge in [0.1, 0.15) is 17.1 Å². The first-order valence-corrected chi connectivity index (χ1v) is 9.75. The van der Waals surface area contributed by atoms with Crippen LogP contribution in [-0.4, -0.2) is 45.8 Å². The van der Waals surface area contributed by atoms with E-state index >= 15 is 0 Å². The molecule has 1 aliphatic rings. The summed E-state index contributed by atoms with van der Waals surface area (Å²) in [6, 6.07) is 7.01. The number of carbonyl (C=O) groups excluding carboxylic acids is 1. The summed E-state index contributed by atoms with van der Waals surface area (Å²) in [6.45, 7) is 4.86. The van der Waals surface area contributed by atoms with Crippen LogP contribution in [0.15, 0.2) is 33.6 Å². The number of ether oxygens (including phenoxy) is 1. The second-order valence-electron chi connectivity index (χ2n) is 7.29. The van der Waals surface area contributed by atoms with Crippen molar-refractivity contribution in [1.82, 2.24) is 19.6 Å². The Balaban J connectivity index is 1.82. The van der Waals surface area contributed by atoms with Crippen molar-refractivity contribution < 1.29 is 14.1 Å². The molecule has 0 spiro atoms. The van der Waals surface area contributed by atoms with Gasteiger partial charge in [-0.15, -0.1) is 0 Å². The highest BCUT2D eigenvalue weighted by molar-refractivity contribution is 5.96. The van der Waals surface area contributed by atoms with Crippen LogP contribution in [-0.2, 0) is 11.3 Å². The summed E-state index contributed by atoms with van der Waals surface area (Å²) in [7, 11) is 1.60. The number of carbonyl (C=O) groups is 1. The molecule has 3 heterocycles. The van der Waals surface area contributed by atoms with E-state index in [2.05, 4.69) is 5.16 Å². The minimum absolute atomic E-state index is 0.112. The third-order valence-corrected chi connectivity index (χ3v) is 5.47. The zero-order valence-corrected chi connectivity index (χ0v) is 16.8. The molecule has 1 aromatic carbocycles. The van der Waals surface area contributed by atoms with Crippen LogP contribution in [0.3, 0.4) is 0 Å². The van der Waals surface area contributed by atoms with Gasteiger partial charge < -0.3 is 14.2 Å². The van der Waals surface area contributed by atoms with Crippen molar-refractivity contribution in [1.29, 1.82) is 0 Å². The normalized spacial score (nSPS) is 16.7. The quantitative estimate of drug-likeness (QED) is 0.658. The van der Waals surface area contributed by atoms with Gasteiger partial charge in [0, 0.05) is 13.7 Å². The van der Waals surface area contributed by atoms with E-state index in [9.17, 15) is 9.59 Å². The predicted octanol–water partition coefficient (Wildman–Crippen LogP) is 2.63. The molecule has 29 heavy (non-hydrogen) atoms. The number of para-hydroxylation sites is 1. The van der Waals surface area contributed by atoms with Crippen LogP contribution in [0, 0.1) is 13.8 Å². The summed E-state index contributed by atoms with van der Waals surface area (Å²) >= 11 is 0. The number of aryl methyl sites for hydroxylation is 2. The number of likely N-dealkylation sites (tertiary alicyclic amines) is 1. The van der Waals surface area contributed by atoms with Crippen LogP contribution in [0.1, 0.15) is 46.5 Å². The lowest BCUT2D eigenvalue weighted by Gasteiger charge is -2.26. The van der Waals surface area contributed by atoms with Crippen LogP contribution >= 0.6 is 0 Å². The lowest BCUT2D eigenvalue weighted by atomic mass is 10.1. The first-order chi connectivity index (χ1) is 14.0. The maximum Gasteiger partial charge on any atom is 0.261 e. The highest BCUT2D eigenvalue weighted by atomic mass is 16.5. The van der Waals surface area contributed by atoms with Gasteiger partial charge in [0.05, 0.1) is 35.8 Å². The summed E-state index contributed by atoms with van der Waals surface area (Å²) in [4.78, 5) is 33.0. The Bertz CT molecular complexity index is 1100. The largest absolute Gasteiger partial charge is 0.383 e. The Morgan fingerprint density at radius 2 is 2.10 bits per heavy atom. The van der Waals surface area contributed by atoms with Gasteiger partial charge in [-0.3, -0.25) is 14.2 Å². The lowest BCUT2D eigenvalue weighted by Crippen LogP contribution is -2.36. The summed E-state index contributed by atoms with van der Waals surface area (Å²) < 4.78 is 12.0. The third-order valence-electron chi connectivity index (χ3n) is 5.47. The number of amides is 1. The van der Waals surface area contributed by atoms with Crippen molar-refractivity contribution >= 4 is 16.8 Å². The van der Waals surface area contributed by atoms with Crippen LogP contribution < -0.4 is 5.56 Å². The number of hydrogen-bond donors (Lipinski definition) is 0. The summed E-state index contributed by atoms with van der Waals surface area (Å²) in [5.41, 5.74) is 1.59. The van der Waals surface area contributed by atoms with E-state index in [0.717, 1.165) is 12.8 Å². The van der Waals surface area contributed by atoms with Gasteiger partial charge in [-0.2, -0.15) is 0 Å². The molecule has 1 aliphatic heterocycles. The molecule has 4 rings (SSSR count). The third kappa shape index (κ3) is 3.33. The molecule has 0 aliphatic carbocycles. The van der Waals surface area contributed by atoms with Gasteiger partial charge in [-0.1, -0.05) is 17.3 Å². The van der Waals surface area contributed by atoms with Crippen LogP contribution in [0.2, 0.25) is 0 Å². The second-order valence-corrected chi connectivity index (χ2v) is 7.29. The molecule has 3 aromatic rings. The van der Waals surface area contributed by atoms with E-state index in [4.69, 9.17) is 14.2 Å². The Morgan fingerprint density at radius 1 is 1.31 bits per heavy atom. The molecule has 8 nitrogen and oxygen atoms in total. The number of rotatable bonds is 5. The molecule has 0 saturated carbocycles. The fourth-order valence-corrected chi connectivity index (χ4v) is 4.05. The van der Waals surface area contributed by atoms with Crippen LogP contribution in [0.5, 0.6) is 0 Å². The summed E-state index contributed by atoms with van der Waals surface area (Å²) in [6.07, 6.45) is 1.58. The minimum Gasteiger partial charge on any atom is -0.383 e. The monoisotopic (exact) mass is 396 g/mol. The van der Waals surface area contributed by atoms with Crippen molar-refractivity contribution in [3.63, 3.8) is 0 Å². The maximum atomic E-state index is 13.3. The topological polar surface area (TPSA) is 90.5 Å². The van der Waals surface area contributed by atoms with E-state index < -0.39 is 0 Å². The average Bonchev–Trinajstić information content (AvgIpc) is 3.33. The molecule has 0 N–H and O–H groups in total. The Morgan fingerprint density at radius 3 is 2.83 bits per heavy atom. The number of aromatic nitrogens is 3. The van der Waals surface area contributed by atoms with Crippen LogP contribution in [0.4, 0.5) is 0 Å². The van der Waals surface area contributed by atoms with E-state index in [1.807, 2.05) is 18.2 Å². The van der Waals surface area contributed by atoms with E-state index in [-0.39, 0.29) is 17.5 Å². The van der Waals surface area contributed by atoms with Crippen molar-refractivity contribution in [2.24, 2.45) is 0 Å². The van der Waals surface area contributed by atoms with Crippen LogP contribution in [0.25, 0.3) is 10.9 Å². The Labute approximate surface area is 168 Å². The maximum absolute atomic E-state index is 13.3.